The highest BCUT2D eigenvalue weighted by atomic mass is 16.5. The predicted molar refractivity (Wildman–Crippen MR) is 217 cm³/mol. The third-order valence-electron chi connectivity index (χ3n) is 12.8. The molecule has 2 heterocycles. The summed E-state index contributed by atoms with van der Waals surface area (Å²) in [6, 6.07) is 22.7. The maximum atomic E-state index is 12.5. The number of likely N-dealkylation sites (tertiary alicyclic amines) is 1. The summed E-state index contributed by atoms with van der Waals surface area (Å²) in [7, 11) is 2.14. The Labute approximate surface area is 328 Å². The van der Waals surface area contributed by atoms with Crippen LogP contribution < -0.4 is 14.8 Å². The molecule has 0 amide bonds. The Balaban J connectivity index is 0.753. The molecule has 2 aliphatic carbocycles. The van der Waals surface area contributed by atoms with Gasteiger partial charge in [-0.3, -0.25) is 4.90 Å². The minimum absolute atomic E-state index is 0.00243. The molecule has 2 fully saturated rings. The predicted octanol–water partition coefficient (Wildman–Crippen LogP) is 6.73. The average Bonchev–Trinajstić information content (AvgIpc) is 3.55. The molecular formula is C46H63N3O6. The number of benzene rings is 3. The van der Waals surface area contributed by atoms with Gasteiger partial charge in [-0.2, -0.15) is 0 Å². The molecule has 9 nitrogen and oxygen atoms in total. The van der Waals surface area contributed by atoms with Gasteiger partial charge in [0.05, 0.1) is 30.8 Å². The van der Waals surface area contributed by atoms with E-state index < -0.39 is 11.0 Å². The van der Waals surface area contributed by atoms with Crippen molar-refractivity contribution >= 4 is 0 Å². The first kappa shape index (κ1) is 39.8. The molecule has 7 rings (SSSR count). The summed E-state index contributed by atoms with van der Waals surface area (Å²) < 4.78 is 24.8. The molecule has 4 aliphatic rings. The fourth-order valence-electron chi connectivity index (χ4n) is 9.93. The summed E-state index contributed by atoms with van der Waals surface area (Å²) in [5, 5.41) is 27.2. The minimum Gasteiger partial charge on any atom is -0.504 e. The number of ether oxygens (including phenoxy) is 4. The summed E-state index contributed by atoms with van der Waals surface area (Å²) in [4.78, 5) is 4.71. The van der Waals surface area contributed by atoms with Gasteiger partial charge in [0.2, 0.25) is 0 Å². The number of hydrogen-bond donors (Lipinski definition) is 3. The Hall–Kier alpha value is -3.44. The number of unbranched alkanes of at least 4 members (excludes halogenated alkanes) is 3. The van der Waals surface area contributed by atoms with Crippen molar-refractivity contribution in [1.29, 1.82) is 0 Å². The third-order valence-corrected chi connectivity index (χ3v) is 12.8. The molecule has 3 aromatic rings. The Morgan fingerprint density at radius 2 is 1.75 bits per heavy atom. The highest BCUT2D eigenvalue weighted by molar-refractivity contribution is 5.62. The number of hydrogen-bond acceptors (Lipinski definition) is 9. The van der Waals surface area contributed by atoms with Crippen molar-refractivity contribution in [3.05, 3.63) is 102 Å². The van der Waals surface area contributed by atoms with E-state index in [0.717, 1.165) is 108 Å². The largest absolute Gasteiger partial charge is 0.504 e. The number of likely N-dealkylation sites (N-methyl/N-ethyl adjacent to an activating group) is 1. The van der Waals surface area contributed by atoms with E-state index in [0.29, 0.717) is 25.6 Å². The second-order valence-corrected chi connectivity index (χ2v) is 16.3. The molecule has 3 aromatic carbocycles. The summed E-state index contributed by atoms with van der Waals surface area (Å²) in [6.45, 7) is 13.1. The van der Waals surface area contributed by atoms with Gasteiger partial charge in [0.15, 0.2) is 11.5 Å². The number of nitrogens with zero attached hydrogens (tertiary/aromatic N) is 2. The van der Waals surface area contributed by atoms with Gasteiger partial charge in [-0.15, -0.1) is 6.58 Å². The first-order chi connectivity index (χ1) is 26.8. The van der Waals surface area contributed by atoms with Crippen LogP contribution in [0, 0.1) is 6.92 Å². The van der Waals surface area contributed by atoms with E-state index in [1.165, 1.54) is 16.7 Å². The number of phenols is 1. The van der Waals surface area contributed by atoms with Crippen molar-refractivity contribution in [1.82, 2.24) is 15.1 Å². The molecule has 2 unspecified atom stereocenters. The van der Waals surface area contributed by atoms with E-state index in [1.54, 1.807) is 6.07 Å². The van der Waals surface area contributed by atoms with E-state index in [4.69, 9.17) is 18.9 Å². The van der Waals surface area contributed by atoms with Gasteiger partial charge >= 0.3 is 0 Å². The van der Waals surface area contributed by atoms with Crippen molar-refractivity contribution in [2.75, 3.05) is 66.2 Å². The number of aryl methyl sites for hydroxylation is 1. The van der Waals surface area contributed by atoms with Crippen LogP contribution in [-0.4, -0.2) is 110 Å². The fraction of sp³-hybridized carbons (Fsp3) is 0.565. The smallest absolute Gasteiger partial charge is 0.165 e. The molecule has 3 N–H and O–H groups in total. The number of aromatic hydroxyl groups is 1. The van der Waals surface area contributed by atoms with Crippen molar-refractivity contribution in [3.8, 4) is 17.2 Å². The lowest BCUT2D eigenvalue weighted by Gasteiger charge is -2.64. The highest BCUT2D eigenvalue weighted by Crippen LogP contribution is 2.65. The van der Waals surface area contributed by atoms with Crippen molar-refractivity contribution in [2.24, 2.45) is 0 Å². The average molecular weight is 754 g/mol. The molecule has 6 atom stereocenters. The molecule has 9 heteroatoms. The van der Waals surface area contributed by atoms with Crippen molar-refractivity contribution in [3.63, 3.8) is 0 Å². The lowest BCUT2D eigenvalue weighted by molar-refractivity contribution is -0.189. The lowest BCUT2D eigenvalue weighted by Crippen LogP contribution is -2.78. The second-order valence-electron chi connectivity index (χ2n) is 16.3. The van der Waals surface area contributed by atoms with Crippen molar-refractivity contribution in [2.45, 2.75) is 100 Å². The SMILES string of the molecule is C=CCN1CC[C@]23c4c5ccc(O)c4OC2[C@H](NCCCCCCOCCOCCN(C)CCC(Oc2ccc(C)cc2)c2ccccc2)CC[C@@]3(O)[C@H]1C5. The zero-order valence-corrected chi connectivity index (χ0v) is 33.1. The Kier molecular flexibility index (Phi) is 13.2. The quantitative estimate of drug-likeness (QED) is 0.0763. The van der Waals surface area contributed by atoms with Crippen LogP contribution in [0.1, 0.15) is 79.7 Å². The Morgan fingerprint density at radius 1 is 0.964 bits per heavy atom. The Bertz CT molecular complexity index is 1690. The standard InChI is InChI=1S/C46H63N3O6/c1-4-25-49-27-23-45-42-36-16-19-39(50)43(42)55-44(45)38(20-22-46(45,51)41(49)33-36)47-24-10-5-6-11-29-52-31-32-53-30-28-48(3)26-21-40(35-12-8-7-9-13-35)54-37-17-14-34(2)15-18-37/h4,7-9,12-19,38,40-41,44,47,50-51H,1,5-6,10-11,20-33H2,2-3H3/t38-,40?,41-,44?,45+,46-/m1/s1. The number of nitrogens with one attached hydrogen (secondary N) is 1. The molecule has 0 aromatic heterocycles. The van der Waals surface area contributed by atoms with E-state index in [-0.39, 0.29) is 30.0 Å². The maximum absolute atomic E-state index is 12.5. The summed E-state index contributed by atoms with van der Waals surface area (Å²) in [5.41, 5.74) is 3.34. The number of aliphatic hydroxyl groups is 1. The van der Waals surface area contributed by atoms with Crippen LogP contribution in [0.15, 0.2) is 79.4 Å². The summed E-state index contributed by atoms with van der Waals surface area (Å²) in [6.07, 6.45) is 10.2. The van der Waals surface area contributed by atoms with Gasteiger partial charge in [0, 0.05) is 50.3 Å². The van der Waals surface area contributed by atoms with E-state index in [1.807, 2.05) is 30.3 Å². The van der Waals surface area contributed by atoms with Crippen LogP contribution >= 0.6 is 0 Å². The fourth-order valence-corrected chi connectivity index (χ4v) is 9.93. The minimum atomic E-state index is -0.880. The van der Waals surface area contributed by atoms with Crippen LogP contribution in [0.4, 0.5) is 0 Å². The molecule has 1 saturated heterocycles. The van der Waals surface area contributed by atoms with Gasteiger partial charge in [0.1, 0.15) is 18.0 Å². The van der Waals surface area contributed by atoms with Gasteiger partial charge in [-0.1, -0.05) is 73.0 Å². The topological polar surface area (TPSA) is 95.9 Å². The number of piperidine rings is 1. The zero-order valence-electron chi connectivity index (χ0n) is 33.1. The first-order valence-electron chi connectivity index (χ1n) is 20.8. The molecule has 298 valence electrons. The van der Waals surface area contributed by atoms with Crippen LogP contribution in [0.25, 0.3) is 0 Å². The van der Waals surface area contributed by atoms with Crippen LogP contribution in [0.3, 0.4) is 0 Å². The molecule has 1 spiro atoms. The van der Waals surface area contributed by atoms with Gasteiger partial charge < -0.3 is 39.4 Å². The van der Waals surface area contributed by atoms with Crippen LogP contribution in [0.5, 0.6) is 17.2 Å². The Morgan fingerprint density at radius 3 is 2.55 bits per heavy atom. The lowest BCUT2D eigenvalue weighted by atomic mass is 9.48. The van der Waals surface area contributed by atoms with E-state index >= 15 is 0 Å². The van der Waals surface area contributed by atoms with Gasteiger partial charge in [-0.25, -0.2) is 0 Å². The number of phenolic OH excluding ortho intramolecular Hbond substituents is 1. The highest BCUT2D eigenvalue weighted by Gasteiger charge is 2.72. The molecule has 0 radical (unpaired) electrons. The molecule has 55 heavy (non-hydrogen) atoms. The third kappa shape index (κ3) is 8.48. The molecule has 2 aliphatic heterocycles. The van der Waals surface area contributed by atoms with Gasteiger partial charge in [0.25, 0.3) is 0 Å². The monoisotopic (exact) mass is 753 g/mol. The molecule has 1 saturated carbocycles. The number of rotatable bonds is 22. The summed E-state index contributed by atoms with van der Waals surface area (Å²) in [5.74, 6) is 1.70. The van der Waals surface area contributed by atoms with Crippen molar-refractivity contribution < 1.29 is 29.2 Å². The van der Waals surface area contributed by atoms with Crippen LogP contribution in [-0.2, 0) is 21.3 Å². The van der Waals surface area contributed by atoms with Crippen LogP contribution in [0.2, 0.25) is 0 Å². The molecule has 2 bridgehead atoms. The van der Waals surface area contributed by atoms with E-state index in [2.05, 4.69) is 72.1 Å². The normalized spacial score (nSPS) is 25.7. The maximum Gasteiger partial charge on any atom is 0.165 e. The first-order valence-corrected chi connectivity index (χ1v) is 20.8. The van der Waals surface area contributed by atoms with Gasteiger partial charge in [-0.05, 0) is 94.9 Å². The van der Waals surface area contributed by atoms with E-state index in [9.17, 15) is 10.2 Å². The summed E-state index contributed by atoms with van der Waals surface area (Å²) >= 11 is 0. The zero-order chi connectivity index (χ0) is 38.3. The second kappa shape index (κ2) is 18.2. The molecular weight excluding hydrogens is 691 g/mol.